The lowest BCUT2D eigenvalue weighted by Crippen LogP contribution is -2.33. The van der Waals surface area contributed by atoms with Gasteiger partial charge >= 0.3 is 0 Å². The molecule has 13 heavy (non-hydrogen) atoms. The molecule has 1 fully saturated rings. The van der Waals surface area contributed by atoms with Crippen LogP contribution in [0.1, 0.15) is 19.8 Å². The molecule has 2 N–H and O–H groups in total. The van der Waals surface area contributed by atoms with Gasteiger partial charge in [0.2, 0.25) is 5.91 Å². The standard InChI is InChI=1S/C10H18N2O/c1-8(2)7-11-5-6-12-10(13)9-3-4-9/h9,11H,1,3-7H2,2H3,(H,12,13). The van der Waals surface area contributed by atoms with Crippen LogP contribution in [0.3, 0.4) is 0 Å². The van der Waals surface area contributed by atoms with Crippen molar-refractivity contribution in [3.05, 3.63) is 12.2 Å². The van der Waals surface area contributed by atoms with Crippen molar-refractivity contribution >= 4 is 5.91 Å². The molecule has 0 aliphatic heterocycles. The Morgan fingerprint density at radius 2 is 2.15 bits per heavy atom. The fourth-order valence-corrected chi connectivity index (χ4v) is 1.07. The molecular formula is C10H18N2O. The molecule has 0 aromatic carbocycles. The van der Waals surface area contributed by atoms with E-state index in [4.69, 9.17) is 0 Å². The smallest absolute Gasteiger partial charge is 0.223 e. The molecular weight excluding hydrogens is 164 g/mol. The highest BCUT2D eigenvalue weighted by Gasteiger charge is 2.28. The van der Waals surface area contributed by atoms with Gasteiger partial charge in [-0.3, -0.25) is 4.79 Å². The number of carbonyl (C=O) groups is 1. The number of rotatable bonds is 6. The van der Waals surface area contributed by atoms with Crippen LogP contribution in [0.25, 0.3) is 0 Å². The van der Waals surface area contributed by atoms with E-state index in [1.807, 2.05) is 6.92 Å². The van der Waals surface area contributed by atoms with E-state index in [-0.39, 0.29) is 5.91 Å². The minimum absolute atomic E-state index is 0.220. The van der Waals surface area contributed by atoms with E-state index in [0.29, 0.717) is 5.92 Å². The highest BCUT2D eigenvalue weighted by molar-refractivity contribution is 5.80. The van der Waals surface area contributed by atoms with E-state index in [1.165, 1.54) is 0 Å². The molecule has 1 saturated carbocycles. The summed E-state index contributed by atoms with van der Waals surface area (Å²) in [5.74, 6) is 0.540. The zero-order valence-corrected chi connectivity index (χ0v) is 8.23. The summed E-state index contributed by atoms with van der Waals surface area (Å²) in [5.41, 5.74) is 1.12. The normalized spacial score (nSPS) is 15.5. The Labute approximate surface area is 79.6 Å². The van der Waals surface area contributed by atoms with Crippen LogP contribution >= 0.6 is 0 Å². The van der Waals surface area contributed by atoms with Crippen molar-refractivity contribution in [2.24, 2.45) is 5.92 Å². The van der Waals surface area contributed by atoms with Gasteiger partial charge < -0.3 is 10.6 Å². The van der Waals surface area contributed by atoms with Crippen molar-refractivity contribution in [3.8, 4) is 0 Å². The second-order valence-electron chi connectivity index (χ2n) is 3.70. The summed E-state index contributed by atoms with van der Waals surface area (Å²) < 4.78 is 0. The number of carbonyl (C=O) groups excluding carboxylic acids is 1. The number of hydrogen-bond acceptors (Lipinski definition) is 2. The quantitative estimate of drug-likeness (QED) is 0.468. The van der Waals surface area contributed by atoms with E-state index >= 15 is 0 Å². The van der Waals surface area contributed by atoms with Crippen LogP contribution in [0.15, 0.2) is 12.2 Å². The molecule has 74 valence electrons. The van der Waals surface area contributed by atoms with Gasteiger partial charge in [-0.15, -0.1) is 0 Å². The first-order valence-corrected chi connectivity index (χ1v) is 4.83. The summed E-state index contributed by atoms with van der Waals surface area (Å²) in [6.45, 7) is 8.14. The van der Waals surface area contributed by atoms with Crippen LogP contribution in [0.5, 0.6) is 0 Å². The van der Waals surface area contributed by atoms with Gasteiger partial charge in [0.05, 0.1) is 0 Å². The second-order valence-corrected chi connectivity index (χ2v) is 3.70. The first kappa shape index (κ1) is 10.3. The van der Waals surface area contributed by atoms with Gasteiger partial charge in [0.1, 0.15) is 0 Å². The molecule has 0 bridgehead atoms. The van der Waals surface area contributed by atoms with Gasteiger partial charge in [0, 0.05) is 25.6 Å². The van der Waals surface area contributed by atoms with Crippen molar-refractivity contribution in [1.29, 1.82) is 0 Å². The van der Waals surface area contributed by atoms with Gasteiger partial charge in [0.15, 0.2) is 0 Å². The fraction of sp³-hybridized carbons (Fsp3) is 0.700. The molecule has 3 heteroatoms. The summed E-state index contributed by atoms with van der Waals surface area (Å²) in [6.07, 6.45) is 2.15. The summed E-state index contributed by atoms with van der Waals surface area (Å²) in [4.78, 5) is 11.1. The fourth-order valence-electron chi connectivity index (χ4n) is 1.07. The molecule has 0 atom stereocenters. The van der Waals surface area contributed by atoms with Crippen LogP contribution in [0.2, 0.25) is 0 Å². The largest absolute Gasteiger partial charge is 0.355 e. The third kappa shape index (κ3) is 4.68. The Morgan fingerprint density at radius 1 is 1.46 bits per heavy atom. The summed E-state index contributed by atoms with van der Waals surface area (Å²) in [6, 6.07) is 0. The molecule has 1 aliphatic rings. The maximum atomic E-state index is 11.1. The Morgan fingerprint density at radius 3 is 2.69 bits per heavy atom. The van der Waals surface area contributed by atoms with Crippen LogP contribution < -0.4 is 10.6 Å². The molecule has 0 heterocycles. The molecule has 0 saturated heterocycles. The van der Waals surface area contributed by atoms with E-state index in [1.54, 1.807) is 0 Å². The lowest BCUT2D eigenvalue weighted by atomic mass is 10.3. The molecule has 0 radical (unpaired) electrons. The lowest BCUT2D eigenvalue weighted by molar-refractivity contribution is -0.122. The highest BCUT2D eigenvalue weighted by Crippen LogP contribution is 2.28. The maximum absolute atomic E-state index is 11.1. The molecule has 3 nitrogen and oxygen atoms in total. The predicted octanol–water partition coefficient (Wildman–Crippen LogP) is 0.678. The van der Waals surface area contributed by atoms with Gasteiger partial charge in [-0.25, -0.2) is 0 Å². The number of hydrogen-bond donors (Lipinski definition) is 2. The van der Waals surface area contributed by atoms with Crippen molar-refractivity contribution in [3.63, 3.8) is 0 Å². The maximum Gasteiger partial charge on any atom is 0.223 e. The topological polar surface area (TPSA) is 41.1 Å². The predicted molar refractivity (Wildman–Crippen MR) is 53.4 cm³/mol. The molecule has 0 spiro atoms. The highest BCUT2D eigenvalue weighted by atomic mass is 16.2. The Hall–Kier alpha value is -0.830. The van der Waals surface area contributed by atoms with Gasteiger partial charge in [-0.1, -0.05) is 12.2 Å². The zero-order chi connectivity index (χ0) is 9.68. The summed E-state index contributed by atoms with van der Waals surface area (Å²) in [5, 5.41) is 6.07. The number of amides is 1. The first-order chi connectivity index (χ1) is 6.20. The van der Waals surface area contributed by atoms with Crippen molar-refractivity contribution in [2.45, 2.75) is 19.8 Å². The third-order valence-corrected chi connectivity index (χ3v) is 1.98. The minimum atomic E-state index is 0.220. The Balaban J connectivity index is 1.88. The van der Waals surface area contributed by atoms with Crippen molar-refractivity contribution < 1.29 is 4.79 Å². The van der Waals surface area contributed by atoms with E-state index in [2.05, 4.69) is 17.2 Å². The van der Waals surface area contributed by atoms with Gasteiger partial charge in [0.25, 0.3) is 0 Å². The van der Waals surface area contributed by atoms with Gasteiger partial charge in [-0.05, 0) is 19.8 Å². The third-order valence-electron chi connectivity index (χ3n) is 1.98. The van der Waals surface area contributed by atoms with Crippen LogP contribution in [-0.4, -0.2) is 25.5 Å². The SMILES string of the molecule is C=C(C)CNCCNC(=O)C1CC1. The van der Waals surface area contributed by atoms with Crippen molar-refractivity contribution in [2.75, 3.05) is 19.6 Å². The zero-order valence-electron chi connectivity index (χ0n) is 8.23. The average Bonchev–Trinajstić information content (AvgIpc) is 2.85. The van der Waals surface area contributed by atoms with Gasteiger partial charge in [-0.2, -0.15) is 0 Å². The number of nitrogens with one attached hydrogen (secondary N) is 2. The molecule has 0 aromatic heterocycles. The van der Waals surface area contributed by atoms with Crippen LogP contribution in [0.4, 0.5) is 0 Å². The van der Waals surface area contributed by atoms with Crippen molar-refractivity contribution in [1.82, 2.24) is 10.6 Å². The Kier molecular flexibility index (Phi) is 3.96. The monoisotopic (exact) mass is 182 g/mol. The van der Waals surface area contributed by atoms with Crippen LogP contribution in [0, 0.1) is 5.92 Å². The molecule has 1 rings (SSSR count). The molecule has 0 unspecified atom stereocenters. The Bertz CT molecular complexity index is 197. The lowest BCUT2D eigenvalue weighted by Gasteiger charge is -2.05. The van der Waals surface area contributed by atoms with E-state index in [0.717, 1.165) is 38.0 Å². The van der Waals surface area contributed by atoms with E-state index < -0.39 is 0 Å². The average molecular weight is 182 g/mol. The molecule has 1 aliphatic carbocycles. The summed E-state index contributed by atoms with van der Waals surface area (Å²) >= 11 is 0. The van der Waals surface area contributed by atoms with E-state index in [9.17, 15) is 4.79 Å². The first-order valence-electron chi connectivity index (χ1n) is 4.83. The minimum Gasteiger partial charge on any atom is -0.355 e. The molecule has 1 amide bonds. The summed E-state index contributed by atoms with van der Waals surface area (Å²) in [7, 11) is 0. The molecule has 0 aromatic rings. The second kappa shape index (κ2) is 5.02. The van der Waals surface area contributed by atoms with Crippen LogP contribution in [-0.2, 0) is 4.79 Å².